The highest BCUT2D eigenvalue weighted by Gasteiger charge is 2.16. The molecule has 1 aliphatic heterocycles. The topological polar surface area (TPSA) is 75.8 Å². The largest absolute Gasteiger partial charge is 0.381 e. The minimum Gasteiger partial charge on any atom is -0.381 e. The number of nitrogens with zero attached hydrogens (tertiary/aromatic N) is 4. The summed E-state index contributed by atoms with van der Waals surface area (Å²) in [5, 5.41) is 8.05. The summed E-state index contributed by atoms with van der Waals surface area (Å²) in [5.74, 6) is 2.61. The fraction of sp³-hybridized carbons (Fsp3) is 0.550. The third-order valence-electron chi connectivity index (χ3n) is 4.84. The molecule has 29 heavy (non-hydrogen) atoms. The van der Waals surface area contributed by atoms with Crippen molar-refractivity contribution >= 4 is 41.5 Å². The third kappa shape index (κ3) is 7.42. The summed E-state index contributed by atoms with van der Waals surface area (Å²) in [6.45, 7) is 5.93. The summed E-state index contributed by atoms with van der Waals surface area (Å²) < 4.78 is 10.8. The Labute approximate surface area is 194 Å². The molecule has 1 saturated heterocycles. The molecule has 7 nitrogen and oxygen atoms in total. The number of guanidine groups is 1. The Kier molecular flexibility index (Phi) is 10.2. The Morgan fingerprint density at radius 2 is 2.00 bits per heavy atom. The lowest BCUT2D eigenvalue weighted by molar-refractivity contribution is 0.0625. The highest BCUT2D eigenvalue weighted by Crippen LogP contribution is 2.20. The molecule has 1 aromatic carbocycles. The van der Waals surface area contributed by atoms with Gasteiger partial charge in [-0.2, -0.15) is 4.98 Å². The van der Waals surface area contributed by atoms with Crippen molar-refractivity contribution in [2.45, 2.75) is 32.7 Å². The van der Waals surface area contributed by atoms with Gasteiger partial charge in [-0.1, -0.05) is 16.8 Å². The van der Waals surface area contributed by atoms with Gasteiger partial charge in [0.05, 0.1) is 0 Å². The number of aliphatic imine (C=N–C) groups is 1. The van der Waals surface area contributed by atoms with Crippen LogP contribution in [0.2, 0.25) is 5.02 Å². The molecule has 2 heterocycles. The van der Waals surface area contributed by atoms with Gasteiger partial charge in [0.2, 0.25) is 11.7 Å². The van der Waals surface area contributed by atoms with Crippen molar-refractivity contribution in [3.63, 3.8) is 0 Å². The molecule has 9 heteroatoms. The summed E-state index contributed by atoms with van der Waals surface area (Å²) in [6.07, 6.45) is 3.44. The Balaban J connectivity index is 0.00000300. The van der Waals surface area contributed by atoms with Crippen molar-refractivity contribution in [2.75, 3.05) is 33.4 Å². The van der Waals surface area contributed by atoms with Gasteiger partial charge < -0.3 is 19.5 Å². The van der Waals surface area contributed by atoms with E-state index in [0.717, 1.165) is 63.0 Å². The van der Waals surface area contributed by atoms with Gasteiger partial charge in [-0.25, -0.2) is 4.99 Å². The van der Waals surface area contributed by atoms with Crippen molar-refractivity contribution in [1.29, 1.82) is 0 Å². The molecule has 0 bridgehead atoms. The predicted molar refractivity (Wildman–Crippen MR) is 126 cm³/mol. The first-order valence-corrected chi connectivity index (χ1v) is 10.2. The standard InChI is InChI=1S/C20H28ClN5O2.HI/c1-3-22-20(26(2)11-8-15-9-12-27-13-10-15)23-14-18-24-19(25-28-18)16-4-6-17(21)7-5-16;/h4-7,15H,3,8-14H2,1-2H3,(H,22,23);1H. The smallest absolute Gasteiger partial charge is 0.248 e. The van der Waals surface area contributed by atoms with Gasteiger partial charge in [0.1, 0.15) is 6.54 Å². The van der Waals surface area contributed by atoms with Gasteiger partial charge in [0.25, 0.3) is 0 Å². The van der Waals surface area contributed by atoms with Crippen molar-refractivity contribution in [2.24, 2.45) is 10.9 Å². The van der Waals surface area contributed by atoms with Gasteiger partial charge in [-0.05, 0) is 56.4 Å². The van der Waals surface area contributed by atoms with Crippen molar-refractivity contribution in [3.05, 3.63) is 35.2 Å². The molecule has 0 radical (unpaired) electrons. The van der Waals surface area contributed by atoms with Gasteiger partial charge in [-0.3, -0.25) is 0 Å². The first kappa shape index (κ1) is 23.9. The molecule has 1 N–H and O–H groups in total. The number of hydrogen-bond donors (Lipinski definition) is 1. The molecule has 0 aliphatic carbocycles. The molecule has 0 spiro atoms. The monoisotopic (exact) mass is 533 g/mol. The molecular formula is C20H29ClIN5O2. The second kappa shape index (κ2) is 12.3. The highest BCUT2D eigenvalue weighted by atomic mass is 127. The average molecular weight is 534 g/mol. The lowest BCUT2D eigenvalue weighted by atomic mass is 9.96. The van der Waals surface area contributed by atoms with E-state index in [-0.39, 0.29) is 24.0 Å². The molecule has 1 aliphatic rings. The first-order chi connectivity index (χ1) is 13.7. The lowest BCUT2D eigenvalue weighted by Crippen LogP contribution is -2.40. The second-order valence-corrected chi connectivity index (χ2v) is 7.39. The Morgan fingerprint density at radius 3 is 2.69 bits per heavy atom. The van der Waals surface area contributed by atoms with E-state index in [1.165, 1.54) is 0 Å². The van der Waals surface area contributed by atoms with Crippen LogP contribution in [-0.4, -0.2) is 54.4 Å². The third-order valence-corrected chi connectivity index (χ3v) is 5.10. The van der Waals surface area contributed by atoms with E-state index in [9.17, 15) is 0 Å². The second-order valence-electron chi connectivity index (χ2n) is 6.95. The van der Waals surface area contributed by atoms with Crippen LogP contribution in [0.4, 0.5) is 0 Å². The van der Waals surface area contributed by atoms with Gasteiger partial charge in [0.15, 0.2) is 5.96 Å². The molecule has 160 valence electrons. The van der Waals surface area contributed by atoms with Gasteiger partial charge >= 0.3 is 0 Å². The molecule has 1 aromatic heterocycles. The normalized spacial score (nSPS) is 15.1. The fourth-order valence-electron chi connectivity index (χ4n) is 3.16. The minimum absolute atomic E-state index is 0. The maximum Gasteiger partial charge on any atom is 0.248 e. The summed E-state index contributed by atoms with van der Waals surface area (Å²) in [6, 6.07) is 7.35. The zero-order valence-electron chi connectivity index (χ0n) is 16.9. The number of rotatable bonds is 7. The molecule has 0 unspecified atom stereocenters. The number of halogens is 2. The van der Waals surface area contributed by atoms with Crippen LogP contribution in [0.1, 0.15) is 32.1 Å². The molecular weight excluding hydrogens is 505 g/mol. The van der Waals surface area contributed by atoms with Crippen LogP contribution in [0.25, 0.3) is 11.4 Å². The number of nitrogens with one attached hydrogen (secondary N) is 1. The first-order valence-electron chi connectivity index (χ1n) is 9.81. The number of ether oxygens (including phenoxy) is 1. The highest BCUT2D eigenvalue weighted by molar-refractivity contribution is 14.0. The number of aromatic nitrogens is 2. The van der Waals surface area contributed by atoms with Crippen molar-refractivity contribution in [1.82, 2.24) is 20.4 Å². The molecule has 0 atom stereocenters. The maximum absolute atomic E-state index is 5.92. The lowest BCUT2D eigenvalue weighted by Gasteiger charge is -2.26. The van der Waals surface area contributed by atoms with E-state index in [1.54, 1.807) is 0 Å². The Hall–Kier alpha value is -1.39. The maximum atomic E-state index is 5.92. The zero-order valence-corrected chi connectivity index (χ0v) is 20.0. The van der Waals surface area contributed by atoms with Crippen LogP contribution in [0.15, 0.2) is 33.8 Å². The van der Waals surface area contributed by atoms with Crippen molar-refractivity contribution < 1.29 is 9.26 Å². The van der Waals surface area contributed by atoms with E-state index >= 15 is 0 Å². The molecule has 3 rings (SSSR count). The van der Waals surface area contributed by atoms with E-state index in [1.807, 2.05) is 24.3 Å². The predicted octanol–water partition coefficient (Wildman–Crippen LogP) is 4.22. The van der Waals surface area contributed by atoms with Crippen LogP contribution < -0.4 is 5.32 Å². The SMILES string of the molecule is CCNC(=NCc1nc(-c2ccc(Cl)cc2)no1)N(C)CCC1CCOCC1.I. The van der Waals surface area contributed by atoms with Crippen LogP contribution in [-0.2, 0) is 11.3 Å². The van der Waals surface area contributed by atoms with Crippen LogP contribution in [0, 0.1) is 5.92 Å². The van der Waals surface area contributed by atoms with Crippen molar-refractivity contribution in [3.8, 4) is 11.4 Å². The summed E-state index contributed by atoms with van der Waals surface area (Å²) in [5.41, 5.74) is 0.865. The summed E-state index contributed by atoms with van der Waals surface area (Å²) in [7, 11) is 2.06. The van der Waals surface area contributed by atoms with Crippen LogP contribution >= 0.6 is 35.6 Å². The Morgan fingerprint density at radius 1 is 1.28 bits per heavy atom. The van der Waals surface area contributed by atoms with Gasteiger partial charge in [-0.15, -0.1) is 24.0 Å². The average Bonchev–Trinajstić information content (AvgIpc) is 3.19. The number of hydrogen-bond acceptors (Lipinski definition) is 5. The van der Waals surface area contributed by atoms with Gasteiger partial charge in [0, 0.05) is 43.9 Å². The summed E-state index contributed by atoms with van der Waals surface area (Å²) >= 11 is 5.92. The molecule has 1 fully saturated rings. The fourth-order valence-corrected chi connectivity index (χ4v) is 3.29. The van der Waals surface area contributed by atoms with Crippen LogP contribution in [0.5, 0.6) is 0 Å². The Bertz CT molecular complexity index is 762. The summed E-state index contributed by atoms with van der Waals surface area (Å²) in [4.78, 5) is 11.3. The number of benzene rings is 1. The van der Waals surface area contributed by atoms with E-state index < -0.39 is 0 Å². The molecule has 2 aromatic rings. The zero-order chi connectivity index (χ0) is 19.8. The van der Waals surface area contributed by atoms with E-state index in [2.05, 4.69) is 39.3 Å². The molecule has 0 amide bonds. The molecule has 0 saturated carbocycles. The van der Waals surface area contributed by atoms with E-state index in [0.29, 0.717) is 23.3 Å². The van der Waals surface area contributed by atoms with Crippen LogP contribution in [0.3, 0.4) is 0 Å². The quantitative estimate of drug-likeness (QED) is 0.326. The minimum atomic E-state index is 0. The van der Waals surface area contributed by atoms with E-state index in [4.69, 9.17) is 20.9 Å².